The number of aromatic amines is 1. The molecule has 3 aromatic rings. The second kappa shape index (κ2) is 7.67. The smallest absolute Gasteiger partial charge is 0.343 e. The lowest BCUT2D eigenvalue weighted by Crippen LogP contribution is -2.16. The van der Waals surface area contributed by atoms with Crippen molar-refractivity contribution in [2.24, 2.45) is 0 Å². The number of ether oxygens (including phenoxy) is 1. The molecule has 28 heavy (non-hydrogen) atoms. The van der Waals surface area contributed by atoms with E-state index >= 15 is 0 Å². The number of carbonyl (C=O) groups excluding carboxylic acids is 1. The number of pyridine rings is 1. The first kappa shape index (κ1) is 18.7. The first-order valence-corrected chi connectivity index (χ1v) is 8.26. The SMILES string of the molecule is N#Cc1c(N)[nH]c(=O)c(C#N)c1-c1cccc(OC(=O)c2ccc(Cl)cc2)c1. The second-order valence-electron chi connectivity index (χ2n) is 5.64. The molecule has 0 saturated heterocycles. The summed E-state index contributed by atoms with van der Waals surface area (Å²) in [6, 6.07) is 16.0. The predicted molar refractivity (Wildman–Crippen MR) is 103 cm³/mol. The van der Waals surface area contributed by atoms with E-state index in [1.165, 1.54) is 24.3 Å². The molecule has 8 heteroatoms. The lowest BCUT2D eigenvalue weighted by molar-refractivity contribution is 0.0735. The van der Waals surface area contributed by atoms with E-state index in [9.17, 15) is 20.1 Å². The molecule has 0 fully saturated rings. The minimum Gasteiger partial charge on any atom is -0.423 e. The minimum atomic E-state index is -0.711. The summed E-state index contributed by atoms with van der Waals surface area (Å²) in [5, 5.41) is 19.2. The van der Waals surface area contributed by atoms with E-state index in [0.29, 0.717) is 16.1 Å². The Bertz CT molecular complexity index is 1220. The van der Waals surface area contributed by atoms with Crippen LogP contribution in [-0.2, 0) is 0 Å². The van der Waals surface area contributed by atoms with Gasteiger partial charge in [0, 0.05) is 10.6 Å². The van der Waals surface area contributed by atoms with Crippen molar-refractivity contribution in [2.45, 2.75) is 0 Å². The Balaban J connectivity index is 2.05. The van der Waals surface area contributed by atoms with Crippen LogP contribution in [0, 0.1) is 22.7 Å². The molecule has 0 saturated carbocycles. The maximum atomic E-state index is 12.3. The van der Waals surface area contributed by atoms with Gasteiger partial charge in [0.05, 0.1) is 5.56 Å². The maximum absolute atomic E-state index is 12.3. The van der Waals surface area contributed by atoms with Crippen LogP contribution in [-0.4, -0.2) is 11.0 Å². The van der Waals surface area contributed by atoms with Crippen molar-refractivity contribution in [3.8, 4) is 29.0 Å². The first-order chi connectivity index (χ1) is 13.4. The normalized spacial score (nSPS) is 9.96. The topological polar surface area (TPSA) is 133 Å². The highest BCUT2D eigenvalue weighted by molar-refractivity contribution is 6.30. The number of H-pyrrole nitrogens is 1. The Labute approximate surface area is 164 Å². The summed E-state index contributed by atoms with van der Waals surface area (Å²) in [4.78, 5) is 26.6. The van der Waals surface area contributed by atoms with Crippen molar-refractivity contribution < 1.29 is 9.53 Å². The molecule has 0 aliphatic carbocycles. The number of rotatable bonds is 3. The van der Waals surface area contributed by atoms with Crippen molar-refractivity contribution >= 4 is 23.4 Å². The van der Waals surface area contributed by atoms with Crippen LogP contribution in [0.5, 0.6) is 5.75 Å². The summed E-state index contributed by atoms with van der Waals surface area (Å²) in [6.07, 6.45) is 0. The molecule has 0 unspecified atom stereocenters. The van der Waals surface area contributed by atoms with Crippen LogP contribution >= 0.6 is 11.6 Å². The van der Waals surface area contributed by atoms with Crippen molar-refractivity contribution in [1.82, 2.24) is 4.98 Å². The van der Waals surface area contributed by atoms with Crippen molar-refractivity contribution in [1.29, 1.82) is 10.5 Å². The van der Waals surface area contributed by atoms with Gasteiger partial charge in [-0.15, -0.1) is 0 Å². The molecule has 3 rings (SSSR count). The molecule has 3 N–H and O–H groups in total. The van der Waals surface area contributed by atoms with Crippen LogP contribution in [0.15, 0.2) is 53.3 Å². The molecule has 0 bridgehead atoms. The van der Waals surface area contributed by atoms with Gasteiger partial charge in [0.2, 0.25) is 0 Å². The molecule has 0 amide bonds. The standard InChI is InChI=1S/C20H11ClN4O3/c21-13-6-4-11(5-7-13)20(27)28-14-3-1-2-12(8-14)17-15(9-22)18(24)25-19(26)16(17)10-23/h1-8H,(H3,24,25,26). The largest absolute Gasteiger partial charge is 0.423 e. The minimum absolute atomic E-state index is 0.0441. The van der Waals surface area contributed by atoms with Gasteiger partial charge in [-0.05, 0) is 42.0 Å². The van der Waals surface area contributed by atoms with Gasteiger partial charge in [-0.25, -0.2) is 4.79 Å². The van der Waals surface area contributed by atoms with Gasteiger partial charge in [0.1, 0.15) is 34.8 Å². The number of carbonyl (C=O) groups is 1. The van der Waals surface area contributed by atoms with Crippen molar-refractivity contribution in [2.75, 3.05) is 5.73 Å². The zero-order valence-electron chi connectivity index (χ0n) is 14.2. The third-order valence-electron chi connectivity index (χ3n) is 3.88. The van der Waals surface area contributed by atoms with Crippen molar-refractivity contribution in [3.05, 3.63) is 80.6 Å². The van der Waals surface area contributed by atoms with Crippen LogP contribution in [0.25, 0.3) is 11.1 Å². The molecule has 0 radical (unpaired) electrons. The second-order valence-corrected chi connectivity index (χ2v) is 6.08. The lowest BCUT2D eigenvalue weighted by atomic mass is 9.96. The van der Waals surface area contributed by atoms with E-state index in [4.69, 9.17) is 22.1 Å². The highest BCUT2D eigenvalue weighted by Crippen LogP contribution is 2.30. The van der Waals surface area contributed by atoms with Crippen LogP contribution in [0.2, 0.25) is 5.02 Å². The zero-order chi connectivity index (χ0) is 20.3. The number of esters is 1. The monoisotopic (exact) mass is 390 g/mol. The van der Waals surface area contributed by atoms with E-state index < -0.39 is 11.5 Å². The fraction of sp³-hybridized carbons (Fsp3) is 0. The highest BCUT2D eigenvalue weighted by Gasteiger charge is 2.19. The number of nitrogens with zero attached hydrogens (tertiary/aromatic N) is 2. The van der Waals surface area contributed by atoms with Gasteiger partial charge in [0.15, 0.2) is 0 Å². The summed E-state index contributed by atoms with van der Waals surface area (Å²) in [6.45, 7) is 0. The molecule has 0 aliphatic heterocycles. The quantitative estimate of drug-likeness (QED) is 0.521. The summed E-state index contributed by atoms with van der Waals surface area (Å²) < 4.78 is 5.34. The van der Waals surface area contributed by atoms with Crippen LogP contribution in [0.1, 0.15) is 21.5 Å². The number of nitriles is 2. The summed E-state index contributed by atoms with van der Waals surface area (Å²) >= 11 is 5.80. The van der Waals surface area contributed by atoms with Gasteiger partial charge < -0.3 is 15.5 Å². The number of halogens is 1. The third kappa shape index (κ3) is 3.56. The van der Waals surface area contributed by atoms with E-state index in [1.807, 2.05) is 6.07 Å². The van der Waals surface area contributed by atoms with Gasteiger partial charge in [-0.2, -0.15) is 10.5 Å². The Morgan fingerprint density at radius 2 is 1.75 bits per heavy atom. The van der Waals surface area contributed by atoms with Crippen LogP contribution in [0.4, 0.5) is 5.82 Å². The van der Waals surface area contributed by atoms with Gasteiger partial charge in [-0.3, -0.25) is 4.79 Å². The van der Waals surface area contributed by atoms with Gasteiger partial charge in [-0.1, -0.05) is 23.7 Å². The summed E-state index contributed by atoms with van der Waals surface area (Å²) in [5.74, 6) is -0.589. The number of nitrogens with two attached hydrogens (primary N) is 1. The molecule has 2 aromatic carbocycles. The molecule has 7 nitrogen and oxygen atoms in total. The molecule has 136 valence electrons. The number of benzene rings is 2. The average molecular weight is 391 g/mol. The van der Waals surface area contributed by atoms with Crippen LogP contribution in [0.3, 0.4) is 0 Å². The fourth-order valence-electron chi connectivity index (χ4n) is 2.60. The molecule has 0 aliphatic rings. The fourth-order valence-corrected chi connectivity index (χ4v) is 2.73. The number of hydrogen-bond donors (Lipinski definition) is 2. The summed E-state index contributed by atoms with van der Waals surface area (Å²) in [7, 11) is 0. The molecular formula is C20H11ClN4O3. The van der Waals surface area contributed by atoms with Gasteiger partial charge in [0.25, 0.3) is 5.56 Å². The summed E-state index contributed by atoms with van der Waals surface area (Å²) in [5.41, 5.74) is 5.42. The van der Waals surface area contributed by atoms with Crippen LogP contribution < -0.4 is 16.0 Å². The third-order valence-corrected chi connectivity index (χ3v) is 4.13. The molecule has 1 heterocycles. The van der Waals surface area contributed by atoms with E-state index in [1.54, 1.807) is 30.3 Å². The molecule has 1 aromatic heterocycles. The lowest BCUT2D eigenvalue weighted by Gasteiger charge is -2.10. The van der Waals surface area contributed by atoms with E-state index in [2.05, 4.69) is 4.98 Å². The Morgan fingerprint density at radius 1 is 1.07 bits per heavy atom. The number of hydrogen-bond acceptors (Lipinski definition) is 6. The molecule has 0 atom stereocenters. The maximum Gasteiger partial charge on any atom is 0.343 e. The van der Waals surface area contributed by atoms with E-state index in [-0.39, 0.29) is 28.3 Å². The number of aromatic nitrogens is 1. The number of nitrogens with one attached hydrogen (secondary N) is 1. The Morgan fingerprint density at radius 3 is 2.39 bits per heavy atom. The molecule has 0 spiro atoms. The Hall–Kier alpha value is -4.07. The number of anilines is 1. The van der Waals surface area contributed by atoms with Gasteiger partial charge >= 0.3 is 5.97 Å². The van der Waals surface area contributed by atoms with E-state index in [0.717, 1.165) is 0 Å². The zero-order valence-corrected chi connectivity index (χ0v) is 14.9. The molecular weight excluding hydrogens is 380 g/mol. The predicted octanol–water partition coefficient (Wildman–Crippen LogP) is 3.24. The highest BCUT2D eigenvalue weighted by atomic mass is 35.5. The number of nitrogen functional groups attached to an aromatic ring is 1. The van der Waals surface area contributed by atoms with Crippen molar-refractivity contribution in [3.63, 3.8) is 0 Å². The Kier molecular flexibility index (Phi) is 5.12. The average Bonchev–Trinajstić information content (AvgIpc) is 2.68. The first-order valence-electron chi connectivity index (χ1n) is 7.88.